The lowest BCUT2D eigenvalue weighted by molar-refractivity contribution is -0.121. The average Bonchev–Trinajstić information content (AvgIpc) is 3.08. The van der Waals surface area contributed by atoms with Gasteiger partial charge in [0.2, 0.25) is 5.91 Å². The van der Waals surface area contributed by atoms with Gasteiger partial charge in [-0.1, -0.05) is 44.9 Å². The van der Waals surface area contributed by atoms with Crippen molar-refractivity contribution < 1.29 is 9.59 Å². The maximum absolute atomic E-state index is 12.5. The molecular weight excluding hydrogens is 376 g/mol. The molecule has 0 saturated carbocycles. The van der Waals surface area contributed by atoms with Gasteiger partial charge in [-0.2, -0.15) is 0 Å². The molecule has 0 unspecified atom stereocenters. The SMILES string of the molecule is CC(C)CCC[C@@H](C)NC(=O)CCCNC(=O)N1CCc2c([nH]c3ccccc23)C1. The highest BCUT2D eigenvalue weighted by molar-refractivity contribution is 5.85. The van der Waals surface area contributed by atoms with E-state index in [-0.39, 0.29) is 18.0 Å². The summed E-state index contributed by atoms with van der Waals surface area (Å²) >= 11 is 0. The van der Waals surface area contributed by atoms with Crippen LogP contribution in [0.3, 0.4) is 0 Å². The van der Waals surface area contributed by atoms with Crippen molar-refractivity contribution in [2.75, 3.05) is 13.1 Å². The molecule has 2 aromatic rings. The fourth-order valence-corrected chi connectivity index (χ4v) is 4.17. The number of nitrogens with zero attached hydrogens (tertiary/aromatic N) is 1. The number of nitrogens with one attached hydrogen (secondary N) is 3. The van der Waals surface area contributed by atoms with Gasteiger partial charge in [0.15, 0.2) is 0 Å². The molecule has 3 N–H and O–H groups in total. The van der Waals surface area contributed by atoms with E-state index >= 15 is 0 Å². The summed E-state index contributed by atoms with van der Waals surface area (Å²) in [6.07, 6.45) is 5.32. The number of hydrogen-bond donors (Lipinski definition) is 3. The van der Waals surface area contributed by atoms with Crippen molar-refractivity contribution in [3.63, 3.8) is 0 Å². The summed E-state index contributed by atoms with van der Waals surface area (Å²) in [6, 6.07) is 8.45. The van der Waals surface area contributed by atoms with Crippen LogP contribution in [0.2, 0.25) is 0 Å². The monoisotopic (exact) mass is 412 g/mol. The molecule has 0 radical (unpaired) electrons. The van der Waals surface area contributed by atoms with Gasteiger partial charge in [0.1, 0.15) is 0 Å². The van der Waals surface area contributed by atoms with Crippen LogP contribution in [0, 0.1) is 5.92 Å². The number of H-pyrrole nitrogens is 1. The molecule has 1 aromatic carbocycles. The molecule has 1 aliphatic heterocycles. The van der Waals surface area contributed by atoms with Crippen molar-refractivity contribution in [2.45, 2.75) is 71.9 Å². The molecule has 6 heteroatoms. The molecule has 164 valence electrons. The van der Waals surface area contributed by atoms with Gasteiger partial charge in [0.05, 0.1) is 6.54 Å². The van der Waals surface area contributed by atoms with Gasteiger partial charge in [-0.3, -0.25) is 4.79 Å². The summed E-state index contributed by atoms with van der Waals surface area (Å²) in [6.45, 7) is 8.35. The van der Waals surface area contributed by atoms with Gasteiger partial charge in [-0.05, 0) is 43.7 Å². The van der Waals surface area contributed by atoms with Crippen LogP contribution < -0.4 is 10.6 Å². The number of benzene rings is 1. The highest BCUT2D eigenvalue weighted by atomic mass is 16.2. The molecule has 1 aromatic heterocycles. The third-order valence-electron chi connectivity index (χ3n) is 5.85. The number of urea groups is 1. The number of para-hydroxylation sites is 1. The molecule has 0 bridgehead atoms. The summed E-state index contributed by atoms with van der Waals surface area (Å²) in [5, 5.41) is 7.29. The van der Waals surface area contributed by atoms with Crippen LogP contribution in [0.1, 0.15) is 64.1 Å². The van der Waals surface area contributed by atoms with Crippen LogP contribution in [0.25, 0.3) is 10.9 Å². The Kier molecular flexibility index (Phi) is 7.77. The Morgan fingerprint density at radius 3 is 2.73 bits per heavy atom. The van der Waals surface area contributed by atoms with Crippen LogP contribution >= 0.6 is 0 Å². The van der Waals surface area contributed by atoms with E-state index in [1.54, 1.807) is 0 Å². The zero-order valence-electron chi connectivity index (χ0n) is 18.6. The topological polar surface area (TPSA) is 77.2 Å². The number of hydrogen-bond acceptors (Lipinski definition) is 2. The van der Waals surface area contributed by atoms with Gasteiger partial charge >= 0.3 is 6.03 Å². The molecular formula is C24H36N4O2. The molecule has 0 aliphatic carbocycles. The lowest BCUT2D eigenvalue weighted by atomic mass is 10.0. The second-order valence-electron chi connectivity index (χ2n) is 8.93. The fraction of sp³-hybridized carbons (Fsp3) is 0.583. The van der Waals surface area contributed by atoms with E-state index in [0.717, 1.165) is 37.0 Å². The maximum atomic E-state index is 12.5. The largest absolute Gasteiger partial charge is 0.357 e. The minimum Gasteiger partial charge on any atom is -0.357 e. The normalized spacial score (nSPS) is 14.6. The first-order valence-electron chi connectivity index (χ1n) is 11.3. The smallest absolute Gasteiger partial charge is 0.317 e. The minimum atomic E-state index is -0.0539. The Bertz CT molecular complexity index is 858. The summed E-state index contributed by atoms with van der Waals surface area (Å²) in [5.74, 6) is 0.779. The Labute approximate surface area is 179 Å². The van der Waals surface area contributed by atoms with Crippen molar-refractivity contribution in [3.05, 3.63) is 35.5 Å². The van der Waals surface area contributed by atoms with E-state index < -0.39 is 0 Å². The zero-order valence-corrected chi connectivity index (χ0v) is 18.6. The highest BCUT2D eigenvalue weighted by Crippen LogP contribution is 2.27. The molecule has 0 saturated heterocycles. The van der Waals surface area contributed by atoms with E-state index in [2.05, 4.69) is 54.6 Å². The predicted octanol–water partition coefficient (Wildman–Crippen LogP) is 4.35. The van der Waals surface area contributed by atoms with Crippen LogP contribution in [0.4, 0.5) is 4.79 Å². The summed E-state index contributed by atoms with van der Waals surface area (Å²) < 4.78 is 0. The molecule has 30 heavy (non-hydrogen) atoms. The number of carbonyl (C=O) groups excluding carboxylic acids is 2. The second-order valence-corrected chi connectivity index (χ2v) is 8.93. The standard InChI is InChI=1S/C24H36N4O2/c1-17(2)8-6-9-18(3)26-23(29)12-7-14-25-24(30)28-15-13-20-19-10-4-5-11-21(19)27-22(20)16-28/h4-5,10-11,17-18,27H,6-9,12-16H2,1-3H3,(H,25,30)(H,26,29)/t18-/m1/s1. The molecule has 0 fully saturated rings. The number of aromatic nitrogens is 1. The van der Waals surface area contributed by atoms with Crippen molar-refractivity contribution in [3.8, 4) is 0 Å². The van der Waals surface area contributed by atoms with Gasteiger partial charge in [0, 0.05) is 42.1 Å². The third-order valence-corrected chi connectivity index (χ3v) is 5.85. The minimum absolute atomic E-state index is 0.0539. The summed E-state index contributed by atoms with van der Waals surface area (Å²) in [4.78, 5) is 29.9. The maximum Gasteiger partial charge on any atom is 0.317 e. The van der Waals surface area contributed by atoms with Gasteiger partial charge < -0.3 is 20.5 Å². The lowest BCUT2D eigenvalue weighted by Crippen LogP contribution is -2.43. The van der Waals surface area contributed by atoms with Crippen molar-refractivity contribution >= 4 is 22.8 Å². The second kappa shape index (κ2) is 10.5. The number of rotatable bonds is 9. The molecule has 1 aliphatic rings. The van der Waals surface area contributed by atoms with Crippen molar-refractivity contribution in [1.29, 1.82) is 0 Å². The average molecular weight is 413 g/mol. The van der Waals surface area contributed by atoms with Gasteiger partial charge in [-0.15, -0.1) is 0 Å². The molecule has 3 rings (SSSR count). The first kappa shape index (κ1) is 22.2. The fourth-order valence-electron chi connectivity index (χ4n) is 4.17. The van der Waals surface area contributed by atoms with Crippen molar-refractivity contribution in [2.24, 2.45) is 5.92 Å². The Morgan fingerprint density at radius 1 is 1.13 bits per heavy atom. The van der Waals surface area contributed by atoms with Crippen LogP contribution in [0.15, 0.2) is 24.3 Å². The number of carbonyl (C=O) groups is 2. The van der Waals surface area contributed by atoms with Gasteiger partial charge in [0.25, 0.3) is 0 Å². The third kappa shape index (κ3) is 6.00. The number of fused-ring (bicyclic) bond motifs is 3. The molecule has 3 amide bonds. The van der Waals surface area contributed by atoms with Crippen LogP contribution in [-0.4, -0.2) is 41.0 Å². The summed E-state index contributed by atoms with van der Waals surface area (Å²) in [5.41, 5.74) is 3.59. The number of amides is 3. The van der Waals surface area contributed by atoms with E-state index in [1.165, 1.54) is 17.4 Å². The van der Waals surface area contributed by atoms with E-state index in [0.29, 0.717) is 31.8 Å². The Morgan fingerprint density at radius 2 is 1.93 bits per heavy atom. The van der Waals surface area contributed by atoms with Crippen LogP contribution in [-0.2, 0) is 17.8 Å². The Balaban J connectivity index is 1.35. The van der Waals surface area contributed by atoms with E-state index in [4.69, 9.17) is 0 Å². The lowest BCUT2D eigenvalue weighted by Gasteiger charge is -2.27. The molecule has 2 heterocycles. The first-order chi connectivity index (χ1) is 14.4. The predicted molar refractivity (Wildman–Crippen MR) is 121 cm³/mol. The van der Waals surface area contributed by atoms with Crippen molar-refractivity contribution in [1.82, 2.24) is 20.5 Å². The number of aromatic amines is 1. The van der Waals surface area contributed by atoms with Gasteiger partial charge in [-0.25, -0.2) is 4.79 Å². The quantitative estimate of drug-likeness (QED) is 0.536. The first-order valence-corrected chi connectivity index (χ1v) is 11.3. The molecule has 6 nitrogen and oxygen atoms in total. The van der Waals surface area contributed by atoms with E-state index in [1.807, 2.05) is 11.0 Å². The highest BCUT2D eigenvalue weighted by Gasteiger charge is 2.23. The summed E-state index contributed by atoms with van der Waals surface area (Å²) in [7, 11) is 0. The zero-order chi connectivity index (χ0) is 21.5. The van der Waals surface area contributed by atoms with Crippen LogP contribution in [0.5, 0.6) is 0 Å². The molecule has 1 atom stereocenters. The molecule has 0 spiro atoms. The van der Waals surface area contributed by atoms with E-state index in [9.17, 15) is 9.59 Å². The Hall–Kier alpha value is -2.50.